The number of carbonyl (C=O) groups excluding carboxylic acids is 1. The van der Waals surface area contributed by atoms with Crippen LogP contribution in [0.2, 0.25) is 0 Å². The molecule has 3 rings (SSSR count). The number of fused-ring (bicyclic) bond motifs is 1. The van der Waals surface area contributed by atoms with E-state index in [4.69, 9.17) is 9.47 Å². The number of hydrogen-bond donors (Lipinski definition) is 1. The van der Waals surface area contributed by atoms with E-state index in [1.54, 1.807) is 18.3 Å². The Kier molecular flexibility index (Phi) is 5.27. The second-order valence-electron chi connectivity index (χ2n) is 5.52. The number of methoxy groups -OCH3 is 1. The topological polar surface area (TPSA) is 86.2 Å². The maximum Gasteiger partial charge on any atom is 0.348 e. The van der Waals surface area contributed by atoms with Gasteiger partial charge in [-0.3, -0.25) is 0 Å². The number of rotatable bonds is 6. The van der Waals surface area contributed by atoms with Crippen LogP contribution in [0.25, 0.3) is 10.2 Å². The Morgan fingerprint density at radius 2 is 2.19 bits per heavy atom. The zero-order chi connectivity index (χ0) is 18.7. The van der Waals surface area contributed by atoms with Crippen molar-refractivity contribution < 1.29 is 18.7 Å². The standard InChI is InChI=1S/C17H17FN4O3S/c1-9(18)7-25-15-11(5-4-6-19-15)22-14-12-10(2)13(17(23)24-3)26-16(12)21-8-20-14/h4-6,8-9H,7H2,1-3H3,(H,20,21,22). The normalized spacial score (nSPS) is 12.0. The summed E-state index contributed by atoms with van der Waals surface area (Å²) < 4.78 is 23.3. The van der Waals surface area contributed by atoms with Gasteiger partial charge in [0.1, 0.15) is 40.3 Å². The Balaban J connectivity index is 2.00. The van der Waals surface area contributed by atoms with E-state index in [-0.39, 0.29) is 12.5 Å². The van der Waals surface area contributed by atoms with Crippen molar-refractivity contribution in [3.8, 4) is 5.88 Å². The fraction of sp³-hybridized carbons (Fsp3) is 0.294. The lowest BCUT2D eigenvalue weighted by Gasteiger charge is -2.12. The van der Waals surface area contributed by atoms with Gasteiger partial charge in [-0.2, -0.15) is 0 Å². The molecule has 0 saturated carbocycles. The molecule has 0 fully saturated rings. The number of carbonyl (C=O) groups is 1. The first-order valence-electron chi connectivity index (χ1n) is 7.82. The molecule has 7 nitrogen and oxygen atoms in total. The number of nitrogens with one attached hydrogen (secondary N) is 1. The molecule has 0 spiro atoms. The van der Waals surface area contributed by atoms with Gasteiger partial charge in [0.15, 0.2) is 0 Å². The number of aromatic nitrogens is 3. The summed E-state index contributed by atoms with van der Waals surface area (Å²) in [5.41, 5.74) is 1.27. The van der Waals surface area contributed by atoms with Crippen molar-refractivity contribution in [2.24, 2.45) is 0 Å². The highest BCUT2D eigenvalue weighted by atomic mass is 32.1. The Bertz CT molecular complexity index is 945. The SMILES string of the molecule is COC(=O)c1sc2ncnc(Nc3cccnc3OCC(C)F)c2c1C. The Labute approximate surface area is 153 Å². The predicted molar refractivity (Wildman–Crippen MR) is 97.1 cm³/mol. The summed E-state index contributed by atoms with van der Waals surface area (Å²) in [6.07, 6.45) is 1.85. The number of nitrogens with zero attached hydrogens (tertiary/aromatic N) is 3. The molecule has 1 atom stereocenters. The molecule has 3 aromatic heterocycles. The number of esters is 1. The van der Waals surface area contributed by atoms with Crippen LogP contribution in [0.3, 0.4) is 0 Å². The predicted octanol–water partition coefficient (Wildman–Crippen LogP) is 3.66. The number of aryl methyl sites for hydroxylation is 1. The maximum atomic E-state index is 13.1. The molecule has 9 heteroatoms. The number of alkyl halides is 1. The van der Waals surface area contributed by atoms with Gasteiger partial charge in [0, 0.05) is 6.20 Å². The largest absolute Gasteiger partial charge is 0.473 e. The molecule has 0 aromatic carbocycles. The van der Waals surface area contributed by atoms with Crippen molar-refractivity contribution in [3.05, 3.63) is 35.1 Å². The first-order chi connectivity index (χ1) is 12.5. The van der Waals surface area contributed by atoms with Crippen LogP contribution in [0.4, 0.5) is 15.9 Å². The Hall–Kier alpha value is -2.81. The van der Waals surface area contributed by atoms with Crippen LogP contribution in [0.15, 0.2) is 24.7 Å². The number of thiophene rings is 1. The van der Waals surface area contributed by atoms with Crippen LogP contribution in [-0.2, 0) is 4.74 Å². The third-order valence-corrected chi connectivity index (χ3v) is 4.75. The zero-order valence-electron chi connectivity index (χ0n) is 14.4. The quantitative estimate of drug-likeness (QED) is 0.657. The summed E-state index contributed by atoms with van der Waals surface area (Å²) in [6.45, 7) is 3.12. The minimum Gasteiger partial charge on any atom is -0.473 e. The van der Waals surface area contributed by atoms with Crippen molar-refractivity contribution >= 4 is 39.0 Å². The van der Waals surface area contributed by atoms with E-state index in [1.807, 2.05) is 6.92 Å². The van der Waals surface area contributed by atoms with E-state index in [0.29, 0.717) is 26.6 Å². The van der Waals surface area contributed by atoms with Crippen molar-refractivity contribution in [2.45, 2.75) is 20.0 Å². The molecule has 0 amide bonds. The monoisotopic (exact) mass is 376 g/mol. The van der Waals surface area contributed by atoms with E-state index in [9.17, 15) is 9.18 Å². The summed E-state index contributed by atoms with van der Waals surface area (Å²) >= 11 is 1.24. The van der Waals surface area contributed by atoms with E-state index >= 15 is 0 Å². The molecule has 0 aliphatic carbocycles. The minimum atomic E-state index is -1.11. The number of pyridine rings is 1. The first-order valence-corrected chi connectivity index (χ1v) is 8.64. The number of hydrogen-bond acceptors (Lipinski definition) is 8. The fourth-order valence-electron chi connectivity index (χ4n) is 2.38. The average Bonchev–Trinajstić information content (AvgIpc) is 2.98. The second-order valence-corrected chi connectivity index (χ2v) is 6.52. The number of halogens is 1. The molecule has 3 aromatic rings. The van der Waals surface area contributed by atoms with Crippen molar-refractivity contribution in [2.75, 3.05) is 19.0 Å². The molecule has 0 radical (unpaired) electrons. The van der Waals surface area contributed by atoms with Crippen molar-refractivity contribution in [3.63, 3.8) is 0 Å². The third-order valence-electron chi connectivity index (χ3n) is 3.57. The van der Waals surface area contributed by atoms with Crippen molar-refractivity contribution in [1.82, 2.24) is 15.0 Å². The van der Waals surface area contributed by atoms with E-state index in [0.717, 1.165) is 5.56 Å². The Morgan fingerprint density at radius 1 is 1.38 bits per heavy atom. The Morgan fingerprint density at radius 3 is 2.92 bits per heavy atom. The average molecular weight is 376 g/mol. The van der Waals surface area contributed by atoms with Gasteiger partial charge >= 0.3 is 5.97 Å². The van der Waals surface area contributed by atoms with Crippen LogP contribution < -0.4 is 10.1 Å². The highest BCUT2D eigenvalue weighted by Crippen LogP contribution is 2.35. The molecule has 0 aliphatic heterocycles. The fourth-order valence-corrected chi connectivity index (χ4v) is 3.44. The van der Waals surface area contributed by atoms with Gasteiger partial charge in [0.05, 0.1) is 12.5 Å². The summed E-state index contributed by atoms with van der Waals surface area (Å²) in [7, 11) is 1.34. The lowest BCUT2D eigenvalue weighted by molar-refractivity contribution is 0.0605. The molecule has 136 valence electrons. The summed E-state index contributed by atoms with van der Waals surface area (Å²) in [5, 5.41) is 3.86. The molecule has 26 heavy (non-hydrogen) atoms. The highest BCUT2D eigenvalue weighted by Gasteiger charge is 2.20. The summed E-state index contributed by atoms with van der Waals surface area (Å²) in [6, 6.07) is 3.48. The molecule has 1 N–H and O–H groups in total. The molecular formula is C17H17FN4O3S. The zero-order valence-corrected chi connectivity index (χ0v) is 15.3. The third kappa shape index (κ3) is 3.57. The lowest BCUT2D eigenvalue weighted by Crippen LogP contribution is -2.10. The second kappa shape index (κ2) is 7.61. The molecule has 0 bridgehead atoms. The lowest BCUT2D eigenvalue weighted by atomic mass is 10.2. The van der Waals surface area contributed by atoms with Crippen LogP contribution in [0.5, 0.6) is 5.88 Å². The van der Waals surface area contributed by atoms with Crippen molar-refractivity contribution in [1.29, 1.82) is 0 Å². The van der Waals surface area contributed by atoms with Gasteiger partial charge in [-0.1, -0.05) is 0 Å². The van der Waals surface area contributed by atoms with Gasteiger partial charge in [0.25, 0.3) is 0 Å². The van der Waals surface area contributed by atoms with Crippen LogP contribution in [-0.4, -0.2) is 40.8 Å². The molecular weight excluding hydrogens is 359 g/mol. The van der Waals surface area contributed by atoms with E-state index in [1.165, 1.54) is 31.7 Å². The maximum absolute atomic E-state index is 13.1. The molecule has 0 aliphatic rings. The van der Waals surface area contributed by atoms with Crippen LogP contribution in [0.1, 0.15) is 22.2 Å². The van der Waals surface area contributed by atoms with Gasteiger partial charge in [-0.15, -0.1) is 11.3 Å². The number of anilines is 2. The smallest absolute Gasteiger partial charge is 0.348 e. The van der Waals surface area contributed by atoms with Crippen LogP contribution in [0, 0.1) is 6.92 Å². The molecule has 0 saturated heterocycles. The van der Waals surface area contributed by atoms with Gasteiger partial charge < -0.3 is 14.8 Å². The van der Waals surface area contributed by atoms with Gasteiger partial charge in [-0.25, -0.2) is 24.1 Å². The van der Waals surface area contributed by atoms with Gasteiger partial charge in [0.2, 0.25) is 5.88 Å². The van der Waals surface area contributed by atoms with Crippen LogP contribution >= 0.6 is 11.3 Å². The summed E-state index contributed by atoms with van der Waals surface area (Å²) in [4.78, 5) is 25.7. The first kappa shape index (κ1) is 18.0. The minimum absolute atomic E-state index is 0.102. The molecule has 1 unspecified atom stereocenters. The number of ether oxygens (including phenoxy) is 2. The molecule has 3 heterocycles. The van der Waals surface area contributed by atoms with E-state index in [2.05, 4.69) is 20.3 Å². The highest BCUT2D eigenvalue weighted by molar-refractivity contribution is 7.20. The van der Waals surface area contributed by atoms with E-state index < -0.39 is 12.1 Å². The summed E-state index contributed by atoms with van der Waals surface area (Å²) in [5.74, 6) is 0.355. The van der Waals surface area contributed by atoms with Gasteiger partial charge in [-0.05, 0) is 31.5 Å².